The molecular weight excluding hydrogens is 224 g/mol. The Morgan fingerprint density at radius 1 is 1.29 bits per heavy atom. The standard InChI is InChI=1S/C12H24O5/c1-12(2,3)10(11(14)15)7-9(13)8-17-6-5-16-4/h9-10,13H,5-8H2,1-4H3,(H,14,15). The number of methoxy groups -OCH3 is 1. The van der Waals surface area contributed by atoms with Crippen LogP contribution in [-0.4, -0.2) is 49.2 Å². The van der Waals surface area contributed by atoms with Gasteiger partial charge in [0, 0.05) is 7.11 Å². The molecule has 0 fully saturated rings. The average molecular weight is 248 g/mol. The van der Waals surface area contributed by atoms with E-state index in [-0.39, 0.29) is 18.4 Å². The van der Waals surface area contributed by atoms with Crippen LogP contribution in [0.3, 0.4) is 0 Å². The van der Waals surface area contributed by atoms with Crippen molar-refractivity contribution in [2.75, 3.05) is 26.9 Å². The minimum atomic E-state index is -0.881. The second kappa shape index (κ2) is 7.63. The van der Waals surface area contributed by atoms with Crippen LogP contribution in [0.4, 0.5) is 0 Å². The van der Waals surface area contributed by atoms with Gasteiger partial charge in [-0.05, 0) is 11.8 Å². The molecule has 0 heterocycles. The molecule has 0 rings (SSSR count). The van der Waals surface area contributed by atoms with Gasteiger partial charge in [-0.25, -0.2) is 0 Å². The predicted octanol–water partition coefficient (Wildman–Crippen LogP) is 1.15. The van der Waals surface area contributed by atoms with Crippen LogP contribution in [0.1, 0.15) is 27.2 Å². The minimum Gasteiger partial charge on any atom is -0.481 e. The highest BCUT2D eigenvalue weighted by molar-refractivity contribution is 5.70. The van der Waals surface area contributed by atoms with Gasteiger partial charge in [-0.1, -0.05) is 20.8 Å². The van der Waals surface area contributed by atoms with Crippen LogP contribution in [-0.2, 0) is 14.3 Å². The maximum Gasteiger partial charge on any atom is 0.307 e. The largest absolute Gasteiger partial charge is 0.481 e. The molecule has 102 valence electrons. The Morgan fingerprint density at radius 3 is 2.29 bits per heavy atom. The monoisotopic (exact) mass is 248 g/mol. The van der Waals surface area contributed by atoms with Crippen molar-refractivity contribution in [2.24, 2.45) is 11.3 Å². The third-order valence-corrected chi connectivity index (χ3v) is 2.59. The molecule has 5 heteroatoms. The summed E-state index contributed by atoms with van der Waals surface area (Å²) in [4.78, 5) is 11.1. The van der Waals surface area contributed by atoms with Crippen molar-refractivity contribution in [3.05, 3.63) is 0 Å². The molecule has 0 bridgehead atoms. The summed E-state index contributed by atoms with van der Waals surface area (Å²) in [5.41, 5.74) is -0.376. The van der Waals surface area contributed by atoms with Gasteiger partial charge in [0.05, 0.1) is 31.8 Å². The van der Waals surface area contributed by atoms with E-state index >= 15 is 0 Å². The van der Waals surface area contributed by atoms with Gasteiger partial charge >= 0.3 is 5.97 Å². The van der Waals surface area contributed by atoms with Gasteiger partial charge in [0.2, 0.25) is 0 Å². The van der Waals surface area contributed by atoms with E-state index in [1.807, 2.05) is 20.8 Å². The van der Waals surface area contributed by atoms with Crippen molar-refractivity contribution in [1.82, 2.24) is 0 Å². The van der Waals surface area contributed by atoms with Gasteiger partial charge in [0.25, 0.3) is 0 Å². The van der Waals surface area contributed by atoms with Crippen LogP contribution in [0, 0.1) is 11.3 Å². The van der Waals surface area contributed by atoms with Gasteiger partial charge in [-0.2, -0.15) is 0 Å². The molecular formula is C12H24O5. The molecule has 0 amide bonds. The summed E-state index contributed by atoms with van der Waals surface area (Å²) in [5.74, 6) is -1.46. The Morgan fingerprint density at radius 2 is 1.88 bits per heavy atom. The van der Waals surface area contributed by atoms with E-state index in [9.17, 15) is 9.90 Å². The lowest BCUT2D eigenvalue weighted by Gasteiger charge is -2.28. The van der Waals surface area contributed by atoms with E-state index in [1.54, 1.807) is 7.11 Å². The first-order chi connectivity index (χ1) is 7.79. The van der Waals surface area contributed by atoms with Gasteiger partial charge in [0.1, 0.15) is 0 Å². The Bertz CT molecular complexity index is 221. The highest BCUT2D eigenvalue weighted by atomic mass is 16.5. The molecule has 0 spiro atoms. The van der Waals surface area contributed by atoms with Crippen LogP contribution in [0.5, 0.6) is 0 Å². The van der Waals surface area contributed by atoms with Crippen molar-refractivity contribution in [3.63, 3.8) is 0 Å². The maximum absolute atomic E-state index is 11.1. The van der Waals surface area contributed by atoms with Crippen molar-refractivity contribution in [1.29, 1.82) is 0 Å². The van der Waals surface area contributed by atoms with Gasteiger partial charge in [0.15, 0.2) is 0 Å². The third kappa shape index (κ3) is 7.31. The average Bonchev–Trinajstić information content (AvgIpc) is 2.19. The fourth-order valence-electron chi connectivity index (χ4n) is 1.53. The van der Waals surface area contributed by atoms with Crippen molar-refractivity contribution in [2.45, 2.75) is 33.3 Å². The number of rotatable bonds is 8. The molecule has 0 aromatic carbocycles. The highest BCUT2D eigenvalue weighted by Crippen LogP contribution is 2.30. The number of carboxylic acid groups (broad SMARTS) is 1. The summed E-state index contributed by atoms with van der Waals surface area (Å²) in [5, 5.41) is 18.8. The van der Waals surface area contributed by atoms with Crippen molar-refractivity contribution >= 4 is 5.97 Å². The lowest BCUT2D eigenvalue weighted by molar-refractivity contribution is -0.147. The first kappa shape index (κ1) is 16.4. The molecule has 0 aromatic rings. The van der Waals surface area contributed by atoms with Crippen molar-refractivity contribution in [3.8, 4) is 0 Å². The second-order valence-electron chi connectivity index (χ2n) is 5.21. The lowest BCUT2D eigenvalue weighted by Crippen LogP contribution is -2.33. The lowest BCUT2D eigenvalue weighted by atomic mass is 9.77. The summed E-state index contributed by atoms with van der Waals surface area (Å²) in [6.45, 7) is 6.57. The van der Waals surface area contributed by atoms with E-state index in [0.29, 0.717) is 13.2 Å². The summed E-state index contributed by atoms with van der Waals surface area (Å²) < 4.78 is 9.96. The molecule has 0 aromatic heterocycles. The molecule has 0 aliphatic rings. The normalized spacial score (nSPS) is 15.6. The Hall–Kier alpha value is -0.650. The molecule has 0 saturated carbocycles. The van der Waals surface area contributed by atoms with E-state index < -0.39 is 18.0 Å². The molecule has 5 nitrogen and oxygen atoms in total. The Kier molecular flexibility index (Phi) is 7.34. The first-order valence-electron chi connectivity index (χ1n) is 5.76. The molecule has 0 saturated heterocycles. The first-order valence-corrected chi connectivity index (χ1v) is 5.76. The van der Waals surface area contributed by atoms with E-state index in [0.717, 1.165) is 0 Å². The molecule has 0 aliphatic carbocycles. The zero-order valence-corrected chi connectivity index (χ0v) is 11.1. The summed E-state index contributed by atoms with van der Waals surface area (Å²) in [7, 11) is 1.57. The quantitative estimate of drug-likeness (QED) is 0.630. The number of aliphatic carboxylic acids is 1. The summed E-state index contributed by atoms with van der Waals surface area (Å²) in [6, 6.07) is 0. The number of ether oxygens (including phenoxy) is 2. The Balaban J connectivity index is 4.05. The van der Waals surface area contributed by atoms with Crippen LogP contribution < -0.4 is 0 Å². The predicted molar refractivity (Wildman–Crippen MR) is 63.9 cm³/mol. The van der Waals surface area contributed by atoms with Crippen LogP contribution in [0.25, 0.3) is 0 Å². The number of carbonyl (C=O) groups is 1. The second-order valence-corrected chi connectivity index (χ2v) is 5.21. The number of aliphatic hydroxyl groups is 1. The van der Waals surface area contributed by atoms with Crippen molar-refractivity contribution < 1.29 is 24.5 Å². The fraction of sp³-hybridized carbons (Fsp3) is 0.917. The zero-order chi connectivity index (χ0) is 13.5. The molecule has 2 N–H and O–H groups in total. The highest BCUT2D eigenvalue weighted by Gasteiger charge is 2.32. The van der Waals surface area contributed by atoms with E-state index in [1.165, 1.54) is 0 Å². The van der Waals surface area contributed by atoms with Crippen LogP contribution in [0.15, 0.2) is 0 Å². The minimum absolute atomic E-state index is 0.142. The SMILES string of the molecule is COCCOCC(O)CC(C(=O)O)C(C)(C)C. The summed E-state index contributed by atoms with van der Waals surface area (Å²) >= 11 is 0. The maximum atomic E-state index is 11.1. The molecule has 2 unspecified atom stereocenters. The molecule has 2 atom stereocenters. The summed E-state index contributed by atoms with van der Waals surface area (Å²) in [6.07, 6.45) is -0.557. The van der Waals surface area contributed by atoms with E-state index in [4.69, 9.17) is 14.6 Å². The fourth-order valence-corrected chi connectivity index (χ4v) is 1.53. The van der Waals surface area contributed by atoms with E-state index in [2.05, 4.69) is 0 Å². The topological polar surface area (TPSA) is 76.0 Å². The van der Waals surface area contributed by atoms with Crippen LogP contribution >= 0.6 is 0 Å². The van der Waals surface area contributed by atoms with Crippen LogP contribution in [0.2, 0.25) is 0 Å². The van der Waals surface area contributed by atoms with Gasteiger partial charge < -0.3 is 19.7 Å². The number of hydrogen-bond donors (Lipinski definition) is 2. The number of hydrogen-bond acceptors (Lipinski definition) is 4. The molecule has 0 radical (unpaired) electrons. The molecule has 17 heavy (non-hydrogen) atoms. The zero-order valence-electron chi connectivity index (χ0n) is 11.1. The van der Waals surface area contributed by atoms with Gasteiger partial charge in [-0.3, -0.25) is 4.79 Å². The number of aliphatic hydroxyl groups excluding tert-OH is 1. The van der Waals surface area contributed by atoms with Gasteiger partial charge in [-0.15, -0.1) is 0 Å². The molecule has 0 aliphatic heterocycles. The number of carboxylic acids is 1. The Labute approximate surface area is 103 Å². The third-order valence-electron chi connectivity index (χ3n) is 2.59. The smallest absolute Gasteiger partial charge is 0.307 e.